The quantitative estimate of drug-likeness (QED) is 0.893. The van der Waals surface area contributed by atoms with Crippen LogP contribution in [-0.2, 0) is 6.42 Å². The molecule has 0 aliphatic rings. The van der Waals surface area contributed by atoms with Gasteiger partial charge in [-0.2, -0.15) is 9.61 Å². The van der Waals surface area contributed by atoms with Crippen molar-refractivity contribution >= 4 is 22.3 Å². The number of aryl methyl sites for hydroxylation is 1. The molecule has 7 nitrogen and oxygen atoms in total. The molecule has 0 aliphatic carbocycles. The van der Waals surface area contributed by atoms with E-state index >= 15 is 0 Å². The van der Waals surface area contributed by atoms with Crippen LogP contribution in [0.15, 0.2) is 0 Å². The van der Waals surface area contributed by atoms with E-state index in [2.05, 4.69) is 46.7 Å². The summed E-state index contributed by atoms with van der Waals surface area (Å²) < 4.78 is 1.72. The molecule has 0 aromatic carbocycles. The van der Waals surface area contributed by atoms with Gasteiger partial charge in [0.15, 0.2) is 5.82 Å². The number of hydrogen-bond acceptors (Lipinski definition) is 5. The van der Waals surface area contributed by atoms with E-state index in [1.165, 1.54) is 11.3 Å². The Morgan fingerprint density at radius 3 is 2.70 bits per heavy atom. The summed E-state index contributed by atoms with van der Waals surface area (Å²) in [6.07, 6.45) is 0.691. The first kappa shape index (κ1) is 14.7. The highest BCUT2D eigenvalue weighted by atomic mass is 32.1. The summed E-state index contributed by atoms with van der Waals surface area (Å²) in [4.78, 5) is 12.4. The van der Waals surface area contributed by atoms with E-state index < -0.39 is 0 Å². The fraction of sp³-hybridized carbons (Fsp3) is 0.667. The first-order chi connectivity index (χ1) is 9.35. The van der Waals surface area contributed by atoms with Gasteiger partial charge in [-0.1, -0.05) is 32.1 Å². The molecule has 8 heteroatoms. The van der Waals surface area contributed by atoms with Crippen LogP contribution in [0.4, 0.5) is 4.79 Å². The third-order valence-electron chi connectivity index (χ3n) is 2.59. The van der Waals surface area contributed by atoms with Gasteiger partial charge >= 0.3 is 6.03 Å². The molecule has 20 heavy (non-hydrogen) atoms. The van der Waals surface area contributed by atoms with Crippen molar-refractivity contribution in [1.29, 1.82) is 0 Å². The molecule has 0 unspecified atom stereocenters. The molecular weight excluding hydrogens is 276 g/mol. The lowest BCUT2D eigenvalue weighted by atomic mass is 9.97. The minimum atomic E-state index is -0.140. The summed E-state index contributed by atoms with van der Waals surface area (Å²) in [5, 5.41) is 18.9. The van der Waals surface area contributed by atoms with E-state index in [9.17, 15) is 4.79 Å². The Bertz CT molecular complexity index is 597. The van der Waals surface area contributed by atoms with E-state index in [1.54, 1.807) is 4.52 Å². The zero-order valence-electron chi connectivity index (χ0n) is 12.2. The second kappa shape index (κ2) is 5.74. The number of hydrogen-bond donors (Lipinski definition) is 2. The molecule has 2 amide bonds. The molecule has 2 rings (SSSR count). The normalized spacial score (nSPS) is 11.8. The predicted octanol–water partition coefficient (Wildman–Crippen LogP) is 1.38. The van der Waals surface area contributed by atoms with Gasteiger partial charge in [0.05, 0.1) is 0 Å². The van der Waals surface area contributed by atoms with Gasteiger partial charge in [0.25, 0.3) is 0 Å². The largest absolute Gasteiger partial charge is 0.338 e. The summed E-state index contributed by atoms with van der Waals surface area (Å²) in [6, 6.07) is -0.140. The van der Waals surface area contributed by atoms with E-state index in [1.807, 2.05) is 6.92 Å². The molecule has 0 atom stereocenters. The van der Waals surface area contributed by atoms with Crippen LogP contribution >= 0.6 is 11.3 Å². The fourth-order valence-electron chi connectivity index (χ4n) is 1.55. The van der Waals surface area contributed by atoms with Gasteiger partial charge in [-0.15, -0.1) is 10.2 Å². The monoisotopic (exact) mass is 296 g/mol. The Morgan fingerprint density at radius 1 is 1.30 bits per heavy atom. The molecule has 0 radical (unpaired) electrons. The lowest BCUT2D eigenvalue weighted by Gasteiger charge is -2.18. The van der Waals surface area contributed by atoms with Crippen molar-refractivity contribution in [2.24, 2.45) is 5.41 Å². The maximum absolute atomic E-state index is 11.6. The number of fused-ring (bicyclic) bond motifs is 1. The average Bonchev–Trinajstić information content (AvgIpc) is 2.89. The highest BCUT2D eigenvalue weighted by molar-refractivity contribution is 7.16. The van der Waals surface area contributed by atoms with Gasteiger partial charge in [-0.3, -0.25) is 0 Å². The predicted molar refractivity (Wildman–Crippen MR) is 78.0 cm³/mol. The zero-order valence-corrected chi connectivity index (χ0v) is 13.0. The lowest BCUT2D eigenvalue weighted by Crippen LogP contribution is -2.40. The van der Waals surface area contributed by atoms with Gasteiger partial charge in [0.1, 0.15) is 5.01 Å². The summed E-state index contributed by atoms with van der Waals surface area (Å²) in [6.45, 7) is 9.30. The molecule has 0 spiro atoms. The first-order valence-electron chi connectivity index (χ1n) is 6.54. The molecule has 2 N–H and O–H groups in total. The number of rotatable bonds is 4. The van der Waals surface area contributed by atoms with Gasteiger partial charge < -0.3 is 10.6 Å². The first-order valence-corrected chi connectivity index (χ1v) is 7.36. The summed E-state index contributed by atoms with van der Waals surface area (Å²) in [5.41, 5.74) is 0.0858. The SMILES string of the molecule is Cc1nnc2sc(CCNC(=O)NCC(C)(C)C)nn12. The number of aromatic nitrogens is 4. The average molecular weight is 296 g/mol. The van der Waals surface area contributed by atoms with Crippen LogP contribution < -0.4 is 10.6 Å². The molecule has 2 aromatic rings. The third kappa shape index (κ3) is 3.89. The number of nitrogens with one attached hydrogen (secondary N) is 2. The molecule has 0 fully saturated rings. The van der Waals surface area contributed by atoms with Crippen LogP contribution in [-0.4, -0.2) is 38.9 Å². The summed E-state index contributed by atoms with van der Waals surface area (Å²) >= 11 is 1.49. The molecule has 2 heterocycles. The van der Waals surface area contributed by atoms with E-state index in [-0.39, 0.29) is 11.4 Å². The Balaban J connectivity index is 1.76. The van der Waals surface area contributed by atoms with E-state index in [0.29, 0.717) is 19.5 Å². The van der Waals surface area contributed by atoms with Crippen LogP contribution in [0.25, 0.3) is 4.96 Å². The van der Waals surface area contributed by atoms with Gasteiger partial charge in [-0.05, 0) is 12.3 Å². The molecule has 110 valence electrons. The highest BCUT2D eigenvalue weighted by Gasteiger charge is 2.12. The third-order valence-corrected chi connectivity index (χ3v) is 3.55. The number of carbonyl (C=O) groups is 1. The van der Waals surface area contributed by atoms with Gasteiger partial charge in [0.2, 0.25) is 4.96 Å². The highest BCUT2D eigenvalue weighted by Crippen LogP contribution is 2.13. The number of carbonyl (C=O) groups excluding carboxylic acids is 1. The zero-order chi connectivity index (χ0) is 14.8. The Labute approximate surface area is 121 Å². The minimum Gasteiger partial charge on any atom is -0.338 e. The van der Waals surface area contributed by atoms with Gasteiger partial charge in [-0.25, -0.2) is 4.79 Å². The molecule has 0 saturated carbocycles. The van der Waals surface area contributed by atoms with E-state index in [0.717, 1.165) is 15.8 Å². The van der Waals surface area contributed by atoms with Crippen LogP contribution in [0.3, 0.4) is 0 Å². The second-order valence-electron chi connectivity index (χ2n) is 5.86. The minimum absolute atomic E-state index is 0.0858. The maximum Gasteiger partial charge on any atom is 0.314 e. The van der Waals surface area contributed by atoms with Crippen molar-refractivity contribution in [3.8, 4) is 0 Å². The van der Waals surface area contributed by atoms with Gasteiger partial charge in [0, 0.05) is 19.5 Å². The summed E-state index contributed by atoms with van der Waals surface area (Å²) in [7, 11) is 0. The maximum atomic E-state index is 11.6. The Hall–Kier alpha value is -1.70. The molecule has 0 bridgehead atoms. The fourth-order valence-corrected chi connectivity index (χ4v) is 2.42. The Kier molecular flexibility index (Phi) is 4.22. The molecule has 2 aromatic heterocycles. The van der Waals surface area contributed by atoms with Crippen LogP contribution in [0.1, 0.15) is 31.6 Å². The lowest BCUT2D eigenvalue weighted by molar-refractivity contribution is 0.235. The van der Waals surface area contributed by atoms with Crippen LogP contribution in [0.5, 0.6) is 0 Å². The van der Waals surface area contributed by atoms with Crippen molar-refractivity contribution < 1.29 is 4.79 Å². The molecular formula is C12H20N6OS. The second-order valence-corrected chi connectivity index (χ2v) is 6.90. The van der Waals surface area contributed by atoms with Crippen molar-refractivity contribution in [3.63, 3.8) is 0 Å². The van der Waals surface area contributed by atoms with Crippen molar-refractivity contribution in [3.05, 3.63) is 10.8 Å². The smallest absolute Gasteiger partial charge is 0.314 e. The molecule has 0 saturated heterocycles. The van der Waals surface area contributed by atoms with Crippen molar-refractivity contribution in [2.45, 2.75) is 34.1 Å². The topological polar surface area (TPSA) is 84.2 Å². The van der Waals surface area contributed by atoms with E-state index in [4.69, 9.17) is 0 Å². The van der Waals surface area contributed by atoms with Crippen LogP contribution in [0, 0.1) is 12.3 Å². The standard InChI is InChI=1S/C12H20N6OS/c1-8-15-16-11-18(8)17-9(20-11)5-6-13-10(19)14-7-12(2,3)4/h5-7H2,1-4H3,(H2,13,14,19). The van der Waals surface area contributed by atoms with Crippen molar-refractivity contribution in [1.82, 2.24) is 30.4 Å². The van der Waals surface area contributed by atoms with Crippen molar-refractivity contribution in [2.75, 3.05) is 13.1 Å². The molecule has 0 aliphatic heterocycles. The summed E-state index contributed by atoms with van der Waals surface area (Å²) in [5.74, 6) is 0.776. The number of amides is 2. The number of urea groups is 1. The Morgan fingerprint density at radius 2 is 2.05 bits per heavy atom. The van der Waals surface area contributed by atoms with Crippen LogP contribution in [0.2, 0.25) is 0 Å². The number of nitrogens with zero attached hydrogens (tertiary/aromatic N) is 4.